The lowest BCUT2D eigenvalue weighted by Crippen LogP contribution is -2.23. The third-order valence-corrected chi connectivity index (χ3v) is 3.74. The SMILES string of the molecule is CC(C)C[C@H](CN)CC(=O)Nc1cc([N+](=O)[O-])ccc1Br. The average Bonchev–Trinajstić information content (AvgIpc) is 2.39. The summed E-state index contributed by atoms with van der Waals surface area (Å²) in [4.78, 5) is 22.3. The summed E-state index contributed by atoms with van der Waals surface area (Å²) in [6, 6.07) is 4.26. The van der Waals surface area contributed by atoms with E-state index in [1.807, 2.05) is 0 Å². The Morgan fingerprint density at radius 1 is 1.48 bits per heavy atom. The van der Waals surface area contributed by atoms with Crippen LogP contribution in [-0.2, 0) is 4.79 Å². The number of hydrogen-bond acceptors (Lipinski definition) is 4. The first-order valence-corrected chi connectivity index (χ1v) is 7.56. The summed E-state index contributed by atoms with van der Waals surface area (Å²) in [6.07, 6.45) is 1.18. The molecule has 21 heavy (non-hydrogen) atoms. The van der Waals surface area contributed by atoms with Crippen molar-refractivity contribution in [3.05, 3.63) is 32.8 Å². The molecule has 6 nitrogen and oxygen atoms in total. The summed E-state index contributed by atoms with van der Waals surface area (Å²) in [5.74, 6) is 0.394. The minimum atomic E-state index is -0.496. The highest BCUT2D eigenvalue weighted by molar-refractivity contribution is 9.10. The number of nitro benzene ring substituents is 1. The number of nitro groups is 1. The molecule has 1 atom stereocenters. The number of carbonyl (C=O) groups excluding carboxylic acids is 1. The highest BCUT2D eigenvalue weighted by Crippen LogP contribution is 2.27. The molecule has 1 rings (SSSR count). The van der Waals surface area contributed by atoms with Crippen LogP contribution in [0.2, 0.25) is 0 Å². The van der Waals surface area contributed by atoms with E-state index < -0.39 is 4.92 Å². The lowest BCUT2D eigenvalue weighted by atomic mass is 9.94. The quantitative estimate of drug-likeness (QED) is 0.577. The number of amides is 1. The van der Waals surface area contributed by atoms with Gasteiger partial charge in [0.05, 0.1) is 10.6 Å². The maximum absolute atomic E-state index is 12.0. The fourth-order valence-corrected chi connectivity index (χ4v) is 2.46. The number of halogens is 1. The first-order valence-electron chi connectivity index (χ1n) is 6.77. The molecule has 0 aliphatic rings. The van der Waals surface area contributed by atoms with Crippen LogP contribution < -0.4 is 11.1 Å². The van der Waals surface area contributed by atoms with Crippen LogP contribution in [0.15, 0.2) is 22.7 Å². The van der Waals surface area contributed by atoms with Crippen LogP contribution in [0.5, 0.6) is 0 Å². The van der Waals surface area contributed by atoms with Crippen LogP contribution in [0.3, 0.4) is 0 Å². The maximum atomic E-state index is 12.0. The molecular formula is C14H20BrN3O3. The Kier molecular flexibility index (Phi) is 6.77. The lowest BCUT2D eigenvalue weighted by molar-refractivity contribution is -0.384. The van der Waals surface area contributed by atoms with E-state index in [1.165, 1.54) is 12.1 Å². The highest BCUT2D eigenvalue weighted by atomic mass is 79.9. The summed E-state index contributed by atoms with van der Waals surface area (Å²) < 4.78 is 0.606. The van der Waals surface area contributed by atoms with Gasteiger partial charge in [-0.05, 0) is 46.8 Å². The minimum Gasteiger partial charge on any atom is -0.330 e. The van der Waals surface area contributed by atoms with Crippen molar-refractivity contribution in [1.82, 2.24) is 0 Å². The molecule has 0 saturated heterocycles. The fourth-order valence-electron chi connectivity index (χ4n) is 2.12. The Balaban J connectivity index is 2.74. The molecule has 0 heterocycles. The second-order valence-corrected chi connectivity index (χ2v) is 6.26. The van der Waals surface area contributed by atoms with Gasteiger partial charge in [0.1, 0.15) is 0 Å². The van der Waals surface area contributed by atoms with Crippen molar-refractivity contribution >= 4 is 33.2 Å². The number of anilines is 1. The number of nitrogens with one attached hydrogen (secondary N) is 1. The van der Waals surface area contributed by atoms with E-state index in [0.29, 0.717) is 29.0 Å². The van der Waals surface area contributed by atoms with Crippen molar-refractivity contribution in [2.45, 2.75) is 26.7 Å². The number of nitrogens with zero attached hydrogens (tertiary/aromatic N) is 1. The zero-order chi connectivity index (χ0) is 16.0. The molecule has 0 radical (unpaired) electrons. The normalized spacial score (nSPS) is 12.2. The molecule has 7 heteroatoms. The van der Waals surface area contributed by atoms with Crippen molar-refractivity contribution < 1.29 is 9.72 Å². The Morgan fingerprint density at radius 3 is 2.67 bits per heavy atom. The molecule has 0 aliphatic heterocycles. The van der Waals surface area contributed by atoms with Gasteiger partial charge in [-0.3, -0.25) is 14.9 Å². The number of carbonyl (C=O) groups is 1. The van der Waals surface area contributed by atoms with Crippen LogP contribution in [0.25, 0.3) is 0 Å². The van der Waals surface area contributed by atoms with Crippen LogP contribution in [0, 0.1) is 22.0 Å². The van der Waals surface area contributed by atoms with Crippen molar-refractivity contribution in [1.29, 1.82) is 0 Å². The van der Waals surface area contributed by atoms with Gasteiger partial charge in [0, 0.05) is 23.0 Å². The van der Waals surface area contributed by atoms with Gasteiger partial charge in [-0.15, -0.1) is 0 Å². The molecule has 0 bridgehead atoms. The Bertz CT molecular complexity index is 520. The third-order valence-electron chi connectivity index (χ3n) is 3.05. The van der Waals surface area contributed by atoms with Crippen LogP contribution in [0.4, 0.5) is 11.4 Å². The molecule has 1 amide bonds. The molecule has 1 aromatic carbocycles. The zero-order valence-electron chi connectivity index (χ0n) is 12.1. The first kappa shape index (κ1) is 17.6. The van der Waals surface area contributed by atoms with Crippen molar-refractivity contribution in [3.63, 3.8) is 0 Å². The molecule has 0 fully saturated rings. The Labute approximate surface area is 132 Å². The number of benzene rings is 1. The van der Waals surface area contributed by atoms with Gasteiger partial charge in [-0.25, -0.2) is 0 Å². The van der Waals surface area contributed by atoms with E-state index in [4.69, 9.17) is 5.73 Å². The predicted molar refractivity (Wildman–Crippen MR) is 86.0 cm³/mol. The molecule has 3 N–H and O–H groups in total. The largest absolute Gasteiger partial charge is 0.330 e. The molecular weight excluding hydrogens is 338 g/mol. The van der Waals surface area contributed by atoms with Gasteiger partial charge in [0.15, 0.2) is 0 Å². The van der Waals surface area contributed by atoms with E-state index in [0.717, 1.165) is 6.42 Å². The van der Waals surface area contributed by atoms with E-state index in [9.17, 15) is 14.9 Å². The van der Waals surface area contributed by atoms with Gasteiger partial charge < -0.3 is 11.1 Å². The van der Waals surface area contributed by atoms with Gasteiger partial charge in [0.25, 0.3) is 5.69 Å². The average molecular weight is 358 g/mol. The molecule has 0 spiro atoms. The number of hydrogen-bond donors (Lipinski definition) is 2. The molecule has 1 aromatic rings. The van der Waals surface area contributed by atoms with Crippen molar-refractivity contribution in [2.75, 3.05) is 11.9 Å². The van der Waals surface area contributed by atoms with Gasteiger partial charge in [-0.2, -0.15) is 0 Å². The van der Waals surface area contributed by atoms with Crippen LogP contribution in [-0.4, -0.2) is 17.4 Å². The Morgan fingerprint density at radius 2 is 2.14 bits per heavy atom. The smallest absolute Gasteiger partial charge is 0.271 e. The number of nitrogens with two attached hydrogens (primary N) is 1. The summed E-state index contributed by atoms with van der Waals surface area (Å²) >= 11 is 3.27. The fraction of sp³-hybridized carbons (Fsp3) is 0.500. The first-order chi connectivity index (χ1) is 9.83. The van der Waals surface area contributed by atoms with E-state index in [1.54, 1.807) is 6.07 Å². The summed E-state index contributed by atoms with van der Waals surface area (Å²) in [7, 11) is 0. The standard InChI is InChI=1S/C14H20BrN3O3/c1-9(2)5-10(8-16)6-14(19)17-13-7-11(18(20)21)3-4-12(13)15/h3-4,7,9-10H,5-6,8,16H2,1-2H3,(H,17,19)/t10-/m0/s1. The van der Waals surface area contributed by atoms with Crippen LogP contribution in [0.1, 0.15) is 26.7 Å². The summed E-state index contributed by atoms with van der Waals surface area (Å²) in [5, 5.41) is 13.5. The van der Waals surface area contributed by atoms with Gasteiger partial charge in [-0.1, -0.05) is 13.8 Å². The van der Waals surface area contributed by atoms with Crippen molar-refractivity contribution in [3.8, 4) is 0 Å². The second-order valence-electron chi connectivity index (χ2n) is 5.40. The number of non-ortho nitro benzene ring substituents is 1. The summed E-state index contributed by atoms with van der Waals surface area (Å²) in [5.41, 5.74) is 6.01. The van der Waals surface area contributed by atoms with E-state index in [-0.39, 0.29) is 17.5 Å². The zero-order valence-corrected chi connectivity index (χ0v) is 13.7. The minimum absolute atomic E-state index is 0.0638. The Hall–Kier alpha value is -1.47. The number of rotatable bonds is 7. The highest BCUT2D eigenvalue weighted by Gasteiger charge is 2.16. The molecule has 0 unspecified atom stereocenters. The third kappa shape index (κ3) is 5.81. The topological polar surface area (TPSA) is 98.3 Å². The van der Waals surface area contributed by atoms with Gasteiger partial charge >= 0.3 is 0 Å². The van der Waals surface area contributed by atoms with Gasteiger partial charge in [0.2, 0.25) is 5.91 Å². The summed E-state index contributed by atoms with van der Waals surface area (Å²) in [6.45, 7) is 4.61. The van der Waals surface area contributed by atoms with Crippen LogP contribution >= 0.6 is 15.9 Å². The predicted octanol–water partition coefficient (Wildman–Crippen LogP) is 3.31. The lowest BCUT2D eigenvalue weighted by Gasteiger charge is -2.16. The monoisotopic (exact) mass is 357 g/mol. The molecule has 0 aliphatic carbocycles. The maximum Gasteiger partial charge on any atom is 0.271 e. The molecule has 116 valence electrons. The second kappa shape index (κ2) is 8.09. The van der Waals surface area contributed by atoms with Crippen molar-refractivity contribution in [2.24, 2.45) is 17.6 Å². The molecule has 0 aromatic heterocycles. The molecule has 0 saturated carbocycles. The van der Waals surface area contributed by atoms with E-state index >= 15 is 0 Å². The van der Waals surface area contributed by atoms with E-state index in [2.05, 4.69) is 35.1 Å².